The summed E-state index contributed by atoms with van der Waals surface area (Å²) in [5.41, 5.74) is 12.3. The lowest BCUT2D eigenvalue weighted by atomic mass is 9.98. The number of aliphatic imine (C=N–C) groups is 1. The van der Waals surface area contributed by atoms with Gasteiger partial charge < -0.3 is 16.4 Å². The molecule has 1 aliphatic rings. The summed E-state index contributed by atoms with van der Waals surface area (Å²) in [4.78, 5) is 6.06. The zero-order valence-corrected chi connectivity index (χ0v) is 13.4. The Labute approximate surface area is 127 Å². The number of halogens is 1. The number of likely N-dealkylation sites (tertiary alicyclic amines) is 1. The molecule has 1 aliphatic heterocycles. The van der Waals surface area contributed by atoms with Crippen molar-refractivity contribution in [3.8, 4) is 0 Å². The second-order valence-electron chi connectivity index (χ2n) is 5.63. The van der Waals surface area contributed by atoms with Gasteiger partial charge in [0.05, 0.1) is 13.1 Å². The number of nitrogens with two attached hydrogens (primary N) is 2. The Bertz CT molecular complexity index is 467. The Kier molecular flexibility index (Phi) is 6.15. The van der Waals surface area contributed by atoms with Crippen molar-refractivity contribution in [2.45, 2.75) is 38.9 Å². The molecule has 21 heavy (non-hydrogen) atoms. The minimum Gasteiger partial charge on any atom is -0.398 e. The maximum atomic E-state index is 13.6. The third-order valence-electron chi connectivity index (χ3n) is 3.52. The fraction of sp³-hybridized carbons (Fsp3) is 0.562. The summed E-state index contributed by atoms with van der Waals surface area (Å²) < 4.78 is 13.6. The van der Waals surface area contributed by atoms with E-state index in [1.807, 2.05) is 37.0 Å². The summed E-state index contributed by atoms with van der Waals surface area (Å²) in [5.74, 6) is 0.704. The summed E-state index contributed by atoms with van der Waals surface area (Å²) in [6.45, 7) is 6.25. The summed E-state index contributed by atoms with van der Waals surface area (Å²) in [7, 11) is 1.69. The topological polar surface area (TPSA) is 67.6 Å². The van der Waals surface area contributed by atoms with Crippen molar-refractivity contribution in [2.75, 3.05) is 20.1 Å². The van der Waals surface area contributed by atoms with Crippen LogP contribution in [-0.2, 0) is 0 Å². The fourth-order valence-corrected chi connectivity index (χ4v) is 2.15. The Morgan fingerprint density at radius 2 is 2.10 bits per heavy atom. The van der Waals surface area contributed by atoms with Crippen molar-refractivity contribution in [3.05, 3.63) is 35.6 Å². The van der Waals surface area contributed by atoms with Crippen LogP contribution in [0.1, 0.15) is 27.2 Å². The van der Waals surface area contributed by atoms with Gasteiger partial charge in [0.25, 0.3) is 0 Å². The summed E-state index contributed by atoms with van der Waals surface area (Å²) in [6.07, 6.45) is 8.44. The molecule has 0 saturated carbocycles. The number of nitrogens with zero attached hydrogens (tertiary/aromatic N) is 2. The zero-order chi connectivity index (χ0) is 16.0. The zero-order valence-electron chi connectivity index (χ0n) is 13.4. The highest BCUT2D eigenvalue weighted by Gasteiger charge is 2.39. The van der Waals surface area contributed by atoms with Crippen LogP contribution in [-0.4, -0.2) is 42.6 Å². The minimum absolute atomic E-state index is 0.0229. The van der Waals surface area contributed by atoms with Gasteiger partial charge in [0.15, 0.2) is 0 Å². The molecule has 0 aromatic rings. The number of rotatable bonds is 5. The molecule has 1 rings (SSSR count). The van der Waals surface area contributed by atoms with Gasteiger partial charge in [-0.3, -0.25) is 4.99 Å². The van der Waals surface area contributed by atoms with Gasteiger partial charge in [-0.1, -0.05) is 25.2 Å². The van der Waals surface area contributed by atoms with Gasteiger partial charge in [-0.2, -0.15) is 0 Å². The predicted molar refractivity (Wildman–Crippen MR) is 87.9 cm³/mol. The molecule has 0 amide bonds. The largest absolute Gasteiger partial charge is 0.398 e. The van der Waals surface area contributed by atoms with Crippen LogP contribution in [0.2, 0.25) is 0 Å². The normalized spacial score (nSPS) is 21.6. The number of amidine groups is 1. The molecule has 5 heteroatoms. The molecule has 1 atom stereocenters. The molecule has 0 radical (unpaired) electrons. The van der Waals surface area contributed by atoms with E-state index >= 15 is 0 Å². The summed E-state index contributed by atoms with van der Waals surface area (Å²) >= 11 is 0. The first kappa shape index (κ1) is 17.4. The molecular weight excluding hydrogens is 267 g/mol. The van der Waals surface area contributed by atoms with E-state index in [1.165, 1.54) is 0 Å². The highest BCUT2D eigenvalue weighted by atomic mass is 19.1. The molecule has 1 unspecified atom stereocenters. The van der Waals surface area contributed by atoms with Crippen molar-refractivity contribution in [2.24, 2.45) is 16.5 Å². The molecule has 0 bridgehead atoms. The lowest BCUT2D eigenvalue weighted by molar-refractivity contribution is 0.0311. The second kappa shape index (κ2) is 7.41. The SMILES string of the molecule is C/C=C(\C=C/C(N)CC)C(/N)=C/C(=N\C)N1CC(C)(F)C1. The van der Waals surface area contributed by atoms with Crippen molar-refractivity contribution in [1.29, 1.82) is 0 Å². The van der Waals surface area contributed by atoms with Crippen LogP contribution >= 0.6 is 0 Å². The molecule has 118 valence electrons. The Morgan fingerprint density at radius 1 is 1.48 bits per heavy atom. The smallest absolute Gasteiger partial charge is 0.143 e. The molecule has 0 aromatic carbocycles. The fourth-order valence-electron chi connectivity index (χ4n) is 2.15. The first-order chi connectivity index (χ1) is 9.82. The molecule has 1 fully saturated rings. The second-order valence-corrected chi connectivity index (χ2v) is 5.63. The van der Waals surface area contributed by atoms with E-state index in [9.17, 15) is 4.39 Å². The monoisotopic (exact) mass is 294 g/mol. The Hall–Kier alpha value is -1.62. The number of allylic oxidation sites excluding steroid dienone is 2. The number of hydrogen-bond acceptors (Lipinski definition) is 3. The predicted octanol–water partition coefficient (Wildman–Crippen LogP) is 2.14. The van der Waals surface area contributed by atoms with Crippen LogP contribution in [0.3, 0.4) is 0 Å². The standard InChI is InChI=1S/C16H27FN4/c1-5-12(7-8-13(18)6-2)14(19)9-15(20-4)21-10-16(3,17)11-21/h5,7-9,13H,6,10-11,18-19H2,1-4H3/b8-7-,12-5+,14-9-,20-15+. The highest BCUT2D eigenvalue weighted by Crippen LogP contribution is 2.25. The molecule has 4 nitrogen and oxygen atoms in total. The number of hydrogen-bond donors (Lipinski definition) is 2. The van der Waals surface area contributed by atoms with Gasteiger partial charge >= 0.3 is 0 Å². The van der Waals surface area contributed by atoms with Gasteiger partial charge in [0.2, 0.25) is 0 Å². The van der Waals surface area contributed by atoms with Gasteiger partial charge in [-0.05, 0) is 25.8 Å². The van der Waals surface area contributed by atoms with E-state index < -0.39 is 5.67 Å². The highest BCUT2D eigenvalue weighted by molar-refractivity contribution is 5.94. The van der Waals surface area contributed by atoms with Crippen molar-refractivity contribution in [3.63, 3.8) is 0 Å². The molecule has 1 heterocycles. The first-order valence-electron chi connectivity index (χ1n) is 7.31. The van der Waals surface area contributed by atoms with Crippen LogP contribution in [0.5, 0.6) is 0 Å². The van der Waals surface area contributed by atoms with Crippen LogP contribution in [0, 0.1) is 0 Å². The lowest BCUT2D eigenvalue weighted by Gasteiger charge is -2.43. The number of alkyl halides is 1. The van der Waals surface area contributed by atoms with Crippen molar-refractivity contribution in [1.82, 2.24) is 4.90 Å². The van der Waals surface area contributed by atoms with Crippen LogP contribution in [0.25, 0.3) is 0 Å². The molecule has 4 N–H and O–H groups in total. The average Bonchev–Trinajstić information content (AvgIpc) is 2.42. The van der Waals surface area contributed by atoms with E-state index in [1.54, 1.807) is 20.0 Å². The third kappa shape index (κ3) is 5.01. The first-order valence-corrected chi connectivity index (χ1v) is 7.31. The van der Waals surface area contributed by atoms with E-state index in [-0.39, 0.29) is 6.04 Å². The minimum atomic E-state index is -1.13. The van der Waals surface area contributed by atoms with Crippen LogP contribution < -0.4 is 11.5 Å². The third-order valence-corrected chi connectivity index (χ3v) is 3.52. The molecule has 0 aliphatic carbocycles. The van der Waals surface area contributed by atoms with Crippen molar-refractivity contribution >= 4 is 5.84 Å². The maximum absolute atomic E-state index is 13.6. The van der Waals surface area contributed by atoms with E-state index in [2.05, 4.69) is 4.99 Å². The van der Waals surface area contributed by atoms with E-state index in [4.69, 9.17) is 11.5 Å². The van der Waals surface area contributed by atoms with Gasteiger partial charge in [0.1, 0.15) is 11.5 Å². The van der Waals surface area contributed by atoms with Gasteiger partial charge in [-0.25, -0.2) is 4.39 Å². The van der Waals surface area contributed by atoms with Crippen LogP contribution in [0.15, 0.2) is 40.6 Å². The molecule has 0 aromatic heterocycles. The summed E-state index contributed by atoms with van der Waals surface area (Å²) in [5, 5.41) is 0. The maximum Gasteiger partial charge on any atom is 0.143 e. The Morgan fingerprint density at radius 3 is 2.52 bits per heavy atom. The van der Waals surface area contributed by atoms with Gasteiger partial charge in [-0.15, -0.1) is 0 Å². The average molecular weight is 294 g/mol. The van der Waals surface area contributed by atoms with Crippen LogP contribution in [0.4, 0.5) is 4.39 Å². The van der Waals surface area contributed by atoms with Gasteiger partial charge in [0, 0.05) is 24.9 Å². The molecule has 0 spiro atoms. The van der Waals surface area contributed by atoms with Crippen molar-refractivity contribution < 1.29 is 4.39 Å². The molecular formula is C16H27FN4. The molecule has 1 saturated heterocycles. The van der Waals surface area contributed by atoms with E-state index in [0.717, 1.165) is 12.0 Å². The lowest BCUT2D eigenvalue weighted by Crippen LogP contribution is -2.59. The van der Waals surface area contributed by atoms with E-state index in [0.29, 0.717) is 24.6 Å². The summed E-state index contributed by atoms with van der Waals surface area (Å²) in [6, 6.07) is 0.0229. The quantitative estimate of drug-likeness (QED) is 0.464. The Balaban J connectivity index is 2.79.